The number of ether oxygens (including phenoxy) is 1. The smallest absolute Gasteiger partial charge is 0.341 e. The molecule has 0 aliphatic heterocycles. The number of aromatic nitrogens is 2. The number of hydrogen-bond donors (Lipinski definition) is 1. The molecule has 0 atom stereocenters. The highest BCUT2D eigenvalue weighted by molar-refractivity contribution is 5.68. The molecule has 0 saturated carbocycles. The summed E-state index contributed by atoms with van der Waals surface area (Å²) >= 11 is 0. The Morgan fingerprint density at radius 3 is 3.00 bits per heavy atom. The van der Waals surface area contributed by atoms with E-state index in [0.717, 1.165) is 0 Å². The van der Waals surface area contributed by atoms with Gasteiger partial charge < -0.3 is 9.84 Å². The van der Waals surface area contributed by atoms with E-state index in [0.29, 0.717) is 5.82 Å². The number of rotatable bonds is 3. The topological polar surface area (TPSA) is 96.1 Å². The first-order chi connectivity index (χ1) is 6.61. The first-order valence-corrected chi connectivity index (χ1v) is 3.72. The van der Waals surface area contributed by atoms with E-state index in [2.05, 4.69) is 9.97 Å². The summed E-state index contributed by atoms with van der Waals surface area (Å²) in [4.78, 5) is 17.8. The lowest BCUT2D eigenvalue weighted by atomic mass is 10.4. The SMILES string of the molecule is Cc1nc(C#N)cc(OCC(=O)O)n1. The second-order valence-corrected chi connectivity index (χ2v) is 2.43. The molecule has 72 valence electrons. The lowest BCUT2D eigenvalue weighted by Crippen LogP contribution is -2.11. The van der Waals surface area contributed by atoms with E-state index in [4.69, 9.17) is 15.1 Å². The van der Waals surface area contributed by atoms with Crippen molar-refractivity contribution in [2.24, 2.45) is 0 Å². The molecular formula is C8H7N3O3. The maximum Gasteiger partial charge on any atom is 0.341 e. The van der Waals surface area contributed by atoms with Crippen LogP contribution in [0.4, 0.5) is 0 Å². The Bertz CT molecular complexity index is 397. The van der Waals surface area contributed by atoms with Gasteiger partial charge in [-0.3, -0.25) is 0 Å². The lowest BCUT2D eigenvalue weighted by molar-refractivity contribution is -0.139. The van der Waals surface area contributed by atoms with E-state index in [9.17, 15) is 4.79 Å². The number of carboxylic acids is 1. The van der Waals surface area contributed by atoms with Crippen LogP contribution in [0, 0.1) is 18.3 Å². The van der Waals surface area contributed by atoms with E-state index in [1.54, 1.807) is 6.92 Å². The van der Waals surface area contributed by atoms with Gasteiger partial charge in [0.1, 0.15) is 17.6 Å². The van der Waals surface area contributed by atoms with Gasteiger partial charge in [0, 0.05) is 6.07 Å². The third kappa shape index (κ3) is 2.71. The van der Waals surface area contributed by atoms with Crippen molar-refractivity contribution in [1.29, 1.82) is 5.26 Å². The summed E-state index contributed by atoms with van der Waals surface area (Å²) < 4.78 is 4.79. The van der Waals surface area contributed by atoms with Gasteiger partial charge in [0.2, 0.25) is 5.88 Å². The standard InChI is InChI=1S/C8H7N3O3/c1-5-10-6(3-9)2-7(11-5)14-4-8(12)13/h2H,4H2,1H3,(H,12,13). The monoisotopic (exact) mass is 193 g/mol. The second-order valence-electron chi connectivity index (χ2n) is 2.43. The number of carboxylic acid groups (broad SMARTS) is 1. The normalized spacial score (nSPS) is 9.14. The highest BCUT2D eigenvalue weighted by Gasteiger charge is 2.04. The minimum Gasteiger partial charge on any atom is -0.479 e. The highest BCUT2D eigenvalue weighted by atomic mass is 16.5. The maximum atomic E-state index is 10.2. The molecule has 0 aliphatic carbocycles. The summed E-state index contributed by atoms with van der Waals surface area (Å²) in [6.45, 7) is 1.11. The molecule has 1 rings (SSSR count). The molecule has 0 spiro atoms. The van der Waals surface area contributed by atoms with Crippen molar-refractivity contribution in [3.63, 3.8) is 0 Å². The van der Waals surface area contributed by atoms with Crippen LogP contribution < -0.4 is 4.74 Å². The van der Waals surface area contributed by atoms with Crippen molar-refractivity contribution in [2.45, 2.75) is 6.92 Å². The van der Waals surface area contributed by atoms with Crippen molar-refractivity contribution in [2.75, 3.05) is 6.61 Å². The van der Waals surface area contributed by atoms with Gasteiger partial charge in [-0.15, -0.1) is 0 Å². The van der Waals surface area contributed by atoms with Crippen LogP contribution in [0.5, 0.6) is 5.88 Å². The number of nitriles is 1. The van der Waals surface area contributed by atoms with Crippen molar-refractivity contribution in [3.05, 3.63) is 17.6 Å². The van der Waals surface area contributed by atoms with Gasteiger partial charge >= 0.3 is 5.97 Å². The fourth-order valence-electron chi connectivity index (χ4n) is 0.807. The summed E-state index contributed by atoms with van der Waals surface area (Å²) in [5.74, 6) is -0.638. The third-order valence-corrected chi connectivity index (χ3v) is 1.27. The maximum absolute atomic E-state index is 10.2. The predicted molar refractivity (Wildman–Crippen MR) is 44.6 cm³/mol. The van der Waals surface area contributed by atoms with E-state index in [1.807, 2.05) is 6.07 Å². The van der Waals surface area contributed by atoms with Crippen LogP contribution in [0.25, 0.3) is 0 Å². The molecular weight excluding hydrogens is 186 g/mol. The number of hydrogen-bond acceptors (Lipinski definition) is 5. The van der Waals surface area contributed by atoms with Crippen LogP contribution in [0.1, 0.15) is 11.5 Å². The molecule has 6 nitrogen and oxygen atoms in total. The van der Waals surface area contributed by atoms with Crippen molar-refractivity contribution < 1.29 is 14.6 Å². The summed E-state index contributed by atoms with van der Waals surface area (Å²) in [5.41, 5.74) is 0.151. The van der Waals surface area contributed by atoms with E-state index in [-0.39, 0.29) is 11.6 Å². The number of nitrogens with zero attached hydrogens (tertiary/aromatic N) is 3. The average Bonchev–Trinajstić information content (AvgIpc) is 2.14. The average molecular weight is 193 g/mol. The molecule has 0 aliphatic rings. The molecule has 0 unspecified atom stereocenters. The molecule has 14 heavy (non-hydrogen) atoms. The van der Waals surface area contributed by atoms with Gasteiger partial charge in [0.25, 0.3) is 0 Å². The molecule has 0 amide bonds. The molecule has 1 aromatic rings. The molecule has 0 radical (unpaired) electrons. The van der Waals surface area contributed by atoms with Crippen molar-refractivity contribution in [1.82, 2.24) is 9.97 Å². The van der Waals surface area contributed by atoms with Gasteiger partial charge in [-0.2, -0.15) is 10.2 Å². The summed E-state index contributed by atoms with van der Waals surface area (Å²) in [6, 6.07) is 3.10. The van der Waals surface area contributed by atoms with Gasteiger partial charge in [-0.05, 0) is 6.92 Å². The van der Waals surface area contributed by atoms with Gasteiger partial charge in [0.05, 0.1) is 0 Å². The number of aliphatic carboxylic acids is 1. The van der Waals surface area contributed by atoms with Gasteiger partial charge in [0.15, 0.2) is 6.61 Å². The van der Waals surface area contributed by atoms with Crippen LogP contribution in [0.2, 0.25) is 0 Å². The zero-order valence-electron chi connectivity index (χ0n) is 7.39. The minimum absolute atomic E-state index is 0.0939. The van der Waals surface area contributed by atoms with E-state index < -0.39 is 12.6 Å². The first kappa shape index (κ1) is 9.92. The predicted octanol–water partition coefficient (Wildman–Crippen LogP) is 0.120. The van der Waals surface area contributed by atoms with Crippen LogP contribution in [-0.2, 0) is 4.79 Å². The molecule has 0 bridgehead atoms. The van der Waals surface area contributed by atoms with Crippen LogP contribution in [-0.4, -0.2) is 27.7 Å². The Hall–Kier alpha value is -2.16. The Labute approximate surface area is 79.8 Å². The Morgan fingerprint density at radius 1 is 1.71 bits per heavy atom. The lowest BCUT2D eigenvalue weighted by Gasteiger charge is -2.02. The quantitative estimate of drug-likeness (QED) is 0.732. The Kier molecular flexibility index (Phi) is 2.97. The van der Waals surface area contributed by atoms with Gasteiger partial charge in [-0.25, -0.2) is 9.78 Å². The molecule has 0 saturated heterocycles. The zero-order chi connectivity index (χ0) is 10.6. The highest BCUT2D eigenvalue weighted by Crippen LogP contribution is 2.07. The minimum atomic E-state index is -1.10. The first-order valence-electron chi connectivity index (χ1n) is 3.72. The van der Waals surface area contributed by atoms with Crippen LogP contribution in [0.3, 0.4) is 0 Å². The third-order valence-electron chi connectivity index (χ3n) is 1.27. The molecule has 6 heteroatoms. The summed E-state index contributed by atoms with van der Waals surface area (Å²) in [7, 11) is 0. The van der Waals surface area contributed by atoms with Crippen LogP contribution in [0.15, 0.2) is 6.07 Å². The molecule has 1 heterocycles. The number of carbonyl (C=O) groups is 1. The van der Waals surface area contributed by atoms with Crippen molar-refractivity contribution >= 4 is 5.97 Å². The number of aryl methyl sites for hydroxylation is 1. The fraction of sp³-hybridized carbons (Fsp3) is 0.250. The second kappa shape index (κ2) is 4.18. The summed E-state index contributed by atoms with van der Waals surface area (Å²) in [5, 5.41) is 16.9. The Morgan fingerprint density at radius 2 is 2.43 bits per heavy atom. The molecule has 0 aromatic carbocycles. The Balaban J connectivity index is 2.82. The zero-order valence-corrected chi connectivity index (χ0v) is 7.39. The van der Waals surface area contributed by atoms with Crippen LogP contribution >= 0.6 is 0 Å². The van der Waals surface area contributed by atoms with E-state index >= 15 is 0 Å². The summed E-state index contributed by atoms with van der Waals surface area (Å²) in [6.07, 6.45) is 0. The molecule has 1 aromatic heterocycles. The van der Waals surface area contributed by atoms with Gasteiger partial charge in [-0.1, -0.05) is 0 Å². The molecule has 0 fully saturated rings. The molecule has 1 N–H and O–H groups in total. The largest absolute Gasteiger partial charge is 0.479 e. The van der Waals surface area contributed by atoms with Crippen molar-refractivity contribution in [3.8, 4) is 11.9 Å². The fourth-order valence-corrected chi connectivity index (χ4v) is 0.807. The van der Waals surface area contributed by atoms with E-state index in [1.165, 1.54) is 6.07 Å².